The molecular formula is C12H18BrN3O. The van der Waals surface area contributed by atoms with Crippen LogP contribution >= 0.6 is 15.9 Å². The van der Waals surface area contributed by atoms with Gasteiger partial charge in [-0.25, -0.2) is 0 Å². The number of amides is 1. The van der Waals surface area contributed by atoms with Crippen molar-refractivity contribution in [3.05, 3.63) is 17.5 Å². The summed E-state index contributed by atoms with van der Waals surface area (Å²) in [4.78, 5) is 13.9. The second-order valence-corrected chi connectivity index (χ2v) is 5.40. The van der Waals surface area contributed by atoms with Crippen molar-refractivity contribution < 1.29 is 4.79 Å². The number of likely N-dealkylation sites (tertiary alicyclic amines) is 1. The molecule has 0 saturated carbocycles. The summed E-state index contributed by atoms with van der Waals surface area (Å²) in [5, 5.41) is 5.14. The van der Waals surface area contributed by atoms with Crippen LogP contribution in [0.2, 0.25) is 0 Å². The molecule has 1 saturated heterocycles. The molecule has 94 valence electrons. The van der Waals surface area contributed by atoms with E-state index in [4.69, 9.17) is 0 Å². The van der Waals surface area contributed by atoms with Crippen LogP contribution in [-0.2, 0) is 11.8 Å². The Morgan fingerprint density at radius 1 is 1.65 bits per heavy atom. The van der Waals surface area contributed by atoms with E-state index in [9.17, 15) is 4.79 Å². The fourth-order valence-corrected chi connectivity index (χ4v) is 2.81. The van der Waals surface area contributed by atoms with Crippen LogP contribution in [-0.4, -0.2) is 32.5 Å². The van der Waals surface area contributed by atoms with Crippen LogP contribution in [0.4, 0.5) is 0 Å². The molecule has 1 aliphatic rings. The van der Waals surface area contributed by atoms with Gasteiger partial charge in [-0.1, -0.05) is 15.9 Å². The summed E-state index contributed by atoms with van der Waals surface area (Å²) >= 11 is 3.46. The highest BCUT2D eigenvalue weighted by atomic mass is 79.9. The van der Waals surface area contributed by atoms with Gasteiger partial charge in [-0.15, -0.1) is 0 Å². The average Bonchev–Trinajstić information content (AvgIpc) is 2.83. The Morgan fingerprint density at radius 2 is 2.35 bits per heavy atom. The lowest BCUT2D eigenvalue weighted by molar-refractivity contribution is -0.129. The van der Waals surface area contributed by atoms with Crippen LogP contribution < -0.4 is 0 Å². The van der Waals surface area contributed by atoms with E-state index in [0.29, 0.717) is 12.3 Å². The molecule has 0 aromatic carbocycles. The standard InChI is InChI=1S/C12H18BrN3O/c1-8-11(6-14-15(8)3)9(2)16-7-10(5-13)4-12(16)17/h6,9-10H,4-5,7H2,1-3H3. The maximum absolute atomic E-state index is 12.0. The molecule has 1 aromatic rings. The van der Waals surface area contributed by atoms with Crippen LogP contribution in [0.1, 0.15) is 30.6 Å². The van der Waals surface area contributed by atoms with Crippen molar-refractivity contribution >= 4 is 21.8 Å². The van der Waals surface area contributed by atoms with Crippen molar-refractivity contribution in [1.29, 1.82) is 0 Å². The molecule has 2 heterocycles. The van der Waals surface area contributed by atoms with Crippen molar-refractivity contribution in [3.8, 4) is 0 Å². The average molecular weight is 300 g/mol. The van der Waals surface area contributed by atoms with Crippen LogP contribution in [0.15, 0.2) is 6.20 Å². The molecular weight excluding hydrogens is 282 g/mol. The summed E-state index contributed by atoms with van der Waals surface area (Å²) in [6.45, 7) is 4.97. The normalized spacial score (nSPS) is 22.2. The second-order valence-electron chi connectivity index (χ2n) is 4.76. The predicted molar refractivity (Wildman–Crippen MR) is 70.0 cm³/mol. The Hall–Kier alpha value is -0.840. The molecule has 17 heavy (non-hydrogen) atoms. The Kier molecular flexibility index (Phi) is 3.56. The van der Waals surface area contributed by atoms with Gasteiger partial charge in [-0.3, -0.25) is 9.48 Å². The highest BCUT2D eigenvalue weighted by Gasteiger charge is 2.33. The fraction of sp³-hybridized carbons (Fsp3) is 0.667. The molecule has 1 aromatic heterocycles. The number of hydrogen-bond donors (Lipinski definition) is 0. The van der Waals surface area contributed by atoms with E-state index in [0.717, 1.165) is 23.1 Å². The first-order chi connectivity index (χ1) is 8.04. The van der Waals surface area contributed by atoms with E-state index in [1.54, 1.807) is 0 Å². The molecule has 2 unspecified atom stereocenters. The zero-order chi connectivity index (χ0) is 12.6. The molecule has 5 heteroatoms. The summed E-state index contributed by atoms with van der Waals surface area (Å²) in [6.07, 6.45) is 2.53. The maximum atomic E-state index is 12.0. The van der Waals surface area contributed by atoms with Gasteiger partial charge >= 0.3 is 0 Å². The molecule has 1 amide bonds. The minimum Gasteiger partial charge on any atom is -0.335 e. The number of halogens is 1. The van der Waals surface area contributed by atoms with E-state index in [-0.39, 0.29) is 11.9 Å². The van der Waals surface area contributed by atoms with Crippen molar-refractivity contribution in [3.63, 3.8) is 0 Å². The highest BCUT2D eigenvalue weighted by molar-refractivity contribution is 9.09. The van der Waals surface area contributed by atoms with Gasteiger partial charge in [-0.2, -0.15) is 5.10 Å². The number of rotatable bonds is 3. The lowest BCUT2D eigenvalue weighted by Gasteiger charge is -2.24. The quantitative estimate of drug-likeness (QED) is 0.801. The third kappa shape index (κ3) is 2.25. The summed E-state index contributed by atoms with van der Waals surface area (Å²) in [5.74, 6) is 0.701. The zero-order valence-electron chi connectivity index (χ0n) is 10.5. The minimum absolute atomic E-state index is 0.125. The molecule has 0 spiro atoms. The van der Waals surface area contributed by atoms with Gasteiger partial charge in [0.25, 0.3) is 0 Å². The first-order valence-corrected chi connectivity index (χ1v) is 7.00. The van der Waals surface area contributed by atoms with Crippen molar-refractivity contribution in [2.45, 2.75) is 26.3 Å². The summed E-state index contributed by atoms with van der Waals surface area (Å²) in [6, 6.07) is 0.125. The number of aryl methyl sites for hydroxylation is 1. The number of hydrogen-bond acceptors (Lipinski definition) is 2. The lowest BCUT2D eigenvalue weighted by atomic mass is 10.1. The Bertz CT molecular complexity index is 429. The first kappa shape index (κ1) is 12.6. The lowest BCUT2D eigenvalue weighted by Crippen LogP contribution is -2.28. The summed E-state index contributed by atoms with van der Waals surface area (Å²) in [7, 11) is 1.93. The zero-order valence-corrected chi connectivity index (χ0v) is 12.1. The van der Waals surface area contributed by atoms with Gasteiger partial charge in [0, 0.05) is 36.6 Å². The number of aromatic nitrogens is 2. The molecule has 0 radical (unpaired) electrons. The number of carbonyl (C=O) groups is 1. The maximum Gasteiger partial charge on any atom is 0.223 e. The predicted octanol–water partition coefficient (Wildman–Crippen LogP) is 2.03. The third-order valence-electron chi connectivity index (χ3n) is 3.65. The SMILES string of the molecule is Cc1c(C(C)N2CC(CBr)CC2=O)cnn1C. The van der Waals surface area contributed by atoms with Crippen molar-refractivity contribution in [1.82, 2.24) is 14.7 Å². The van der Waals surface area contributed by atoms with E-state index in [1.165, 1.54) is 0 Å². The van der Waals surface area contributed by atoms with Gasteiger partial charge in [-0.05, 0) is 19.8 Å². The van der Waals surface area contributed by atoms with E-state index >= 15 is 0 Å². The Labute approximate surface area is 110 Å². The largest absolute Gasteiger partial charge is 0.335 e. The van der Waals surface area contributed by atoms with Gasteiger partial charge in [0.1, 0.15) is 0 Å². The van der Waals surface area contributed by atoms with E-state index in [1.807, 2.05) is 29.7 Å². The molecule has 2 atom stereocenters. The van der Waals surface area contributed by atoms with E-state index < -0.39 is 0 Å². The van der Waals surface area contributed by atoms with Crippen LogP contribution in [0.3, 0.4) is 0 Å². The minimum atomic E-state index is 0.125. The highest BCUT2D eigenvalue weighted by Crippen LogP contribution is 2.30. The molecule has 0 bridgehead atoms. The van der Waals surface area contributed by atoms with Crippen LogP contribution in [0, 0.1) is 12.8 Å². The Morgan fingerprint density at radius 3 is 2.82 bits per heavy atom. The second kappa shape index (κ2) is 4.80. The van der Waals surface area contributed by atoms with Crippen molar-refractivity contribution in [2.75, 3.05) is 11.9 Å². The van der Waals surface area contributed by atoms with Gasteiger partial charge < -0.3 is 4.90 Å². The van der Waals surface area contributed by atoms with Gasteiger partial charge in [0.15, 0.2) is 0 Å². The number of carbonyl (C=O) groups excluding carboxylic acids is 1. The van der Waals surface area contributed by atoms with Crippen molar-refractivity contribution in [2.24, 2.45) is 13.0 Å². The topological polar surface area (TPSA) is 38.1 Å². The summed E-state index contributed by atoms with van der Waals surface area (Å²) in [5.41, 5.74) is 2.28. The Balaban J connectivity index is 2.18. The molecule has 1 aliphatic heterocycles. The van der Waals surface area contributed by atoms with Gasteiger partial charge in [0.2, 0.25) is 5.91 Å². The van der Waals surface area contributed by atoms with Crippen LogP contribution in [0.5, 0.6) is 0 Å². The molecule has 2 rings (SSSR count). The van der Waals surface area contributed by atoms with Crippen LogP contribution in [0.25, 0.3) is 0 Å². The number of nitrogens with zero attached hydrogens (tertiary/aromatic N) is 3. The molecule has 4 nitrogen and oxygen atoms in total. The molecule has 0 aliphatic carbocycles. The smallest absolute Gasteiger partial charge is 0.223 e. The molecule has 1 fully saturated rings. The first-order valence-electron chi connectivity index (χ1n) is 5.88. The number of alkyl halides is 1. The molecule has 0 N–H and O–H groups in total. The summed E-state index contributed by atoms with van der Waals surface area (Å²) < 4.78 is 1.86. The van der Waals surface area contributed by atoms with E-state index in [2.05, 4.69) is 28.0 Å². The third-order valence-corrected chi connectivity index (χ3v) is 4.56. The van der Waals surface area contributed by atoms with Gasteiger partial charge in [0.05, 0.1) is 12.2 Å². The fourth-order valence-electron chi connectivity index (χ4n) is 2.38. The monoisotopic (exact) mass is 299 g/mol.